The van der Waals surface area contributed by atoms with E-state index in [1.807, 2.05) is 38.1 Å². The van der Waals surface area contributed by atoms with E-state index in [1.165, 1.54) is 7.11 Å². The first kappa shape index (κ1) is 18.6. The van der Waals surface area contributed by atoms with Crippen LogP contribution in [-0.2, 0) is 14.3 Å². The quantitative estimate of drug-likeness (QED) is 0.582. The Labute approximate surface area is 147 Å². The fourth-order valence-electron chi connectivity index (χ4n) is 2.29. The van der Waals surface area contributed by atoms with E-state index in [9.17, 15) is 10.1 Å². The SMILES string of the molecule is COC(=O)C(C#N)c1nc2ccccc2nc1NCCCOC(C)C. The van der Waals surface area contributed by atoms with Crippen molar-refractivity contribution >= 4 is 22.8 Å². The molecule has 25 heavy (non-hydrogen) atoms. The number of hydrogen-bond acceptors (Lipinski definition) is 7. The Bertz CT molecular complexity index is 770. The number of nitrogens with one attached hydrogen (secondary N) is 1. The van der Waals surface area contributed by atoms with Gasteiger partial charge < -0.3 is 14.8 Å². The number of methoxy groups -OCH3 is 1. The van der Waals surface area contributed by atoms with Gasteiger partial charge in [-0.05, 0) is 32.4 Å². The molecule has 7 nitrogen and oxygen atoms in total. The Morgan fingerprint density at radius 1 is 1.28 bits per heavy atom. The Balaban J connectivity index is 2.27. The van der Waals surface area contributed by atoms with E-state index in [4.69, 9.17) is 9.47 Å². The van der Waals surface area contributed by atoms with E-state index in [0.717, 1.165) is 6.42 Å². The average Bonchev–Trinajstić information content (AvgIpc) is 2.61. The minimum absolute atomic E-state index is 0.179. The highest BCUT2D eigenvalue weighted by Gasteiger charge is 2.27. The lowest BCUT2D eigenvalue weighted by Crippen LogP contribution is -2.18. The van der Waals surface area contributed by atoms with Crippen LogP contribution >= 0.6 is 0 Å². The number of fused-ring (bicyclic) bond motifs is 1. The Hall–Kier alpha value is -2.72. The van der Waals surface area contributed by atoms with Gasteiger partial charge in [0.15, 0.2) is 11.7 Å². The summed E-state index contributed by atoms with van der Waals surface area (Å²) < 4.78 is 10.2. The molecule has 0 amide bonds. The zero-order valence-electron chi connectivity index (χ0n) is 14.7. The number of carbonyl (C=O) groups is 1. The van der Waals surface area contributed by atoms with Crippen LogP contribution in [0.25, 0.3) is 11.0 Å². The smallest absolute Gasteiger partial charge is 0.329 e. The number of nitriles is 1. The number of nitrogens with zero attached hydrogens (tertiary/aromatic N) is 3. The van der Waals surface area contributed by atoms with E-state index >= 15 is 0 Å². The number of ether oxygens (including phenoxy) is 2. The van der Waals surface area contributed by atoms with Gasteiger partial charge in [0.25, 0.3) is 0 Å². The van der Waals surface area contributed by atoms with E-state index in [0.29, 0.717) is 30.0 Å². The van der Waals surface area contributed by atoms with Crippen LogP contribution in [0, 0.1) is 11.3 Å². The zero-order chi connectivity index (χ0) is 18.2. The molecule has 1 unspecified atom stereocenters. The van der Waals surface area contributed by atoms with Gasteiger partial charge in [0.05, 0.1) is 30.3 Å². The molecule has 1 heterocycles. The van der Waals surface area contributed by atoms with E-state index in [2.05, 4.69) is 15.3 Å². The van der Waals surface area contributed by atoms with E-state index in [-0.39, 0.29) is 11.8 Å². The van der Waals surface area contributed by atoms with Crippen molar-refractivity contribution in [2.24, 2.45) is 0 Å². The van der Waals surface area contributed by atoms with Crippen molar-refractivity contribution in [2.45, 2.75) is 32.3 Å². The lowest BCUT2D eigenvalue weighted by Gasteiger charge is -2.14. The first-order valence-corrected chi connectivity index (χ1v) is 8.16. The Kier molecular flexibility index (Phi) is 6.66. The summed E-state index contributed by atoms with van der Waals surface area (Å²) in [6.07, 6.45) is 0.944. The fraction of sp³-hybridized carbons (Fsp3) is 0.444. The molecule has 132 valence electrons. The predicted molar refractivity (Wildman–Crippen MR) is 94.1 cm³/mol. The third kappa shape index (κ3) is 4.88. The molecule has 0 fully saturated rings. The predicted octanol–water partition coefficient (Wildman–Crippen LogP) is 2.64. The van der Waals surface area contributed by atoms with Crippen LogP contribution in [0.5, 0.6) is 0 Å². The third-order valence-electron chi connectivity index (χ3n) is 3.50. The molecule has 0 spiro atoms. The molecule has 1 aromatic heterocycles. The maximum atomic E-state index is 11.9. The Morgan fingerprint density at radius 2 is 1.96 bits per heavy atom. The molecule has 1 atom stereocenters. The standard InChI is InChI=1S/C18H22N4O3/c1-12(2)25-10-6-9-20-17-16(13(11-19)18(23)24-3)21-14-7-4-5-8-15(14)22-17/h4-5,7-8,12-13H,6,9-10H2,1-3H3,(H,20,22). The second-order valence-electron chi connectivity index (χ2n) is 5.73. The lowest BCUT2D eigenvalue weighted by molar-refractivity contribution is -0.141. The number of para-hydroxylation sites is 2. The first-order chi connectivity index (χ1) is 12.1. The largest absolute Gasteiger partial charge is 0.468 e. The number of rotatable bonds is 8. The van der Waals surface area contributed by atoms with Crippen LogP contribution in [0.3, 0.4) is 0 Å². The minimum Gasteiger partial charge on any atom is -0.468 e. The molecule has 2 aromatic rings. The van der Waals surface area contributed by atoms with Crippen LogP contribution in [0.15, 0.2) is 24.3 Å². The summed E-state index contributed by atoms with van der Waals surface area (Å²) >= 11 is 0. The molecule has 0 aliphatic carbocycles. The highest BCUT2D eigenvalue weighted by molar-refractivity contribution is 5.84. The summed E-state index contributed by atoms with van der Waals surface area (Å²) in [7, 11) is 1.25. The van der Waals surface area contributed by atoms with Gasteiger partial charge in [-0.1, -0.05) is 12.1 Å². The summed E-state index contributed by atoms with van der Waals surface area (Å²) in [6.45, 7) is 5.16. The van der Waals surface area contributed by atoms with Crippen molar-refractivity contribution in [1.29, 1.82) is 5.26 Å². The van der Waals surface area contributed by atoms with Crippen LogP contribution in [-0.4, -0.2) is 42.3 Å². The highest BCUT2D eigenvalue weighted by Crippen LogP contribution is 2.25. The van der Waals surface area contributed by atoms with Gasteiger partial charge in [0.2, 0.25) is 0 Å². The number of esters is 1. The highest BCUT2D eigenvalue weighted by atomic mass is 16.5. The average molecular weight is 342 g/mol. The summed E-state index contributed by atoms with van der Waals surface area (Å²) in [5.41, 5.74) is 1.59. The number of aromatic nitrogens is 2. The van der Waals surface area contributed by atoms with Crippen molar-refractivity contribution in [1.82, 2.24) is 9.97 Å². The molecule has 0 bridgehead atoms. The van der Waals surface area contributed by atoms with Crippen molar-refractivity contribution in [3.63, 3.8) is 0 Å². The van der Waals surface area contributed by atoms with Gasteiger partial charge >= 0.3 is 5.97 Å². The molecule has 1 aromatic carbocycles. The molecule has 2 rings (SSSR count). The van der Waals surface area contributed by atoms with Gasteiger partial charge in [-0.15, -0.1) is 0 Å². The number of carbonyl (C=O) groups excluding carboxylic acids is 1. The van der Waals surface area contributed by atoms with Gasteiger partial charge in [-0.3, -0.25) is 4.79 Å². The molecule has 0 aliphatic heterocycles. The fourth-order valence-corrected chi connectivity index (χ4v) is 2.29. The summed E-state index contributed by atoms with van der Waals surface area (Å²) in [5, 5.41) is 12.5. The maximum absolute atomic E-state index is 11.9. The van der Waals surface area contributed by atoms with Crippen molar-refractivity contribution in [3.05, 3.63) is 30.0 Å². The first-order valence-electron chi connectivity index (χ1n) is 8.16. The minimum atomic E-state index is -1.13. The summed E-state index contributed by atoms with van der Waals surface area (Å²) in [6, 6.07) is 9.26. The molecule has 0 saturated carbocycles. The van der Waals surface area contributed by atoms with Crippen molar-refractivity contribution in [2.75, 3.05) is 25.6 Å². The van der Waals surface area contributed by atoms with E-state index in [1.54, 1.807) is 6.07 Å². The number of anilines is 1. The third-order valence-corrected chi connectivity index (χ3v) is 3.50. The molecule has 1 N–H and O–H groups in total. The van der Waals surface area contributed by atoms with Gasteiger partial charge in [-0.2, -0.15) is 5.26 Å². The van der Waals surface area contributed by atoms with Crippen molar-refractivity contribution < 1.29 is 14.3 Å². The van der Waals surface area contributed by atoms with Crippen LogP contribution in [0.1, 0.15) is 31.9 Å². The zero-order valence-corrected chi connectivity index (χ0v) is 14.7. The normalized spacial score (nSPS) is 12.0. The monoisotopic (exact) mass is 342 g/mol. The van der Waals surface area contributed by atoms with Gasteiger partial charge in [-0.25, -0.2) is 9.97 Å². The molecule has 0 saturated heterocycles. The van der Waals surface area contributed by atoms with Crippen LogP contribution in [0.2, 0.25) is 0 Å². The number of hydrogen-bond donors (Lipinski definition) is 1. The molecule has 7 heteroatoms. The molecular weight excluding hydrogens is 320 g/mol. The Morgan fingerprint density at radius 3 is 2.56 bits per heavy atom. The second kappa shape index (κ2) is 8.94. The van der Waals surface area contributed by atoms with Crippen molar-refractivity contribution in [3.8, 4) is 6.07 Å². The second-order valence-corrected chi connectivity index (χ2v) is 5.73. The topological polar surface area (TPSA) is 97.1 Å². The summed E-state index contributed by atoms with van der Waals surface area (Å²) in [4.78, 5) is 20.9. The van der Waals surface area contributed by atoms with Gasteiger partial charge in [0, 0.05) is 13.2 Å². The van der Waals surface area contributed by atoms with E-state index < -0.39 is 11.9 Å². The van der Waals surface area contributed by atoms with Crippen LogP contribution in [0.4, 0.5) is 5.82 Å². The molecular formula is C18H22N4O3. The number of benzene rings is 1. The summed E-state index contributed by atoms with van der Waals surface area (Å²) in [5.74, 6) is -1.37. The molecule has 0 aliphatic rings. The van der Waals surface area contributed by atoms with Crippen LogP contribution < -0.4 is 5.32 Å². The molecule has 0 radical (unpaired) electrons. The lowest BCUT2D eigenvalue weighted by atomic mass is 10.1. The van der Waals surface area contributed by atoms with Gasteiger partial charge in [0.1, 0.15) is 5.69 Å². The maximum Gasteiger partial charge on any atom is 0.329 e.